The summed E-state index contributed by atoms with van der Waals surface area (Å²) < 4.78 is 167. The molecule has 0 nitrogen and oxygen atoms in total. The van der Waals surface area contributed by atoms with Gasteiger partial charge in [0.25, 0.3) is 0 Å². The highest BCUT2D eigenvalue weighted by Gasteiger charge is 2.30. The zero-order chi connectivity index (χ0) is 23.8. The van der Waals surface area contributed by atoms with E-state index in [1.54, 1.807) is 0 Å². The number of hydrogen-bond donors (Lipinski definition) is 0. The van der Waals surface area contributed by atoms with Crippen LogP contribution in [0.15, 0.2) is 12.1 Å². The molecule has 0 atom stereocenters. The molecule has 0 amide bonds. The van der Waals surface area contributed by atoms with Crippen LogP contribution in [0.3, 0.4) is 0 Å². The molecule has 0 radical (unpaired) electrons. The monoisotopic (exact) mass is 470 g/mol. The third-order valence-electron chi connectivity index (χ3n) is 4.77. The average molecular weight is 470 g/mol. The maximum atomic E-state index is 14.5. The molecule has 4 aromatic carbocycles. The Morgan fingerprint density at radius 2 is 0.531 bits per heavy atom. The molecule has 0 aliphatic carbocycles. The van der Waals surface area contributed by atoms with Crippen LogP contribution in [0, 0.1) is 69.8 Å². The molecule has 0 unspecified atom stereocenters. The van der Waals surface area contributed by atoms with Crippen molar-refractivity contribution in [2.75, 3.05) is 0 Å². The Balaban J connectivity index is 2.20. The Morgan fingerprint density at radius 1 is 0.281 bits per heavy atom. The first-order valence-electron chi connectivity index (χ1n) is 8.17. The highest BCUT2D eigenvalue weighted by molar-refractivity contribution is 5.93. The number of benzene rings is 4. The first kappa shape index (κ1) is 21.8. The summed E-state index contributed by atoms with van der Waals surface area (Å²) in [5, 5.41) is -6.33. The second-order valence-corrected chi connectivity index (χ2v) is 6.46. The standard InChI is InChI=1S/C20H2F12/c21-9-3(1-5-7(13(9)25)15(27)19(31)17(29)11(5)23)4-2-6-8(14(26)10(4)22)16(28)20(32)18(30)12(6)24/h1-2H. The molecule has 0 fully saturated rings. The summed E-state index contributed by atoms with van der Waals surface area (Å²) in [6.07, 6.45) is 0. The maximum Gasteiger partial charge on any atom is 0.198 e. The van der Waals surface area contributed by atoms with E-state index in [0.717, 1.165) is 0 Å². The van der Waals surface area contributed by atoms with Crippen LogP contribution in [0.4, 0.5) is 52.7 Å². The van der Waals surface area contributed by atoms with E-state index >= 15 is 0 Å². The third-order valence-corrected chi connectivity index (χ3v) is 4.77. The SMILES string of the molecule is Fc1c(F)c(F)c2c(F)c(F)c(-c3cc4c(F)c(F)c(F)c(F)c4c(F)c3F)cc2c1F. The first-order valence-corrected chi connectivity index (χ1v) is 8.17. The number of hydrogen-bond acceptors (Lipinski definition) is 0. The van der Waals surface area contributed by atoms with Crippen molar-refractivity contribution in [3.63, 3.8) is 0 Å². The van der Waals surface area contributed by atoms with Crippen molar-refractivity contribution < 1.29 is 52.7 Å². The van der Waals surface area contributed by atoms with Crippen LogP contribution >= 0.6 is 0 Å². The molecule has 0 aromatic heterocycles. The lowest BCUT2D eigenvalue weighted by molar-refractivity contribution is 0.414. The fourth-order valence-corrected chi connectivity index (χ4v) is 3.26. The van der Waals surface area contributed by atoms with Crippen LogP contribution in [0.1, 0.15) is 0 Å². The second kappa shape index (κ2) is 7.04. The molecule has 4 rings (SSSR count). The van der Waals surface area contributed by atoms with E-state index in [4.69, 9.17) is 0 Å². The van der Waals surface area contributed by atoms with Crippen LogP contribution < -0.4 is 0 Å². The molecule has 4 aromatic rings. The molecular weight excluding hydrogens is 468 g/mol. The minimum Gasteiger partial charge on any atom is -0.203 e. The summed E-state index contributed by atoms with van der Waals surface area (Å²) in [6, 6.07) is 0.0962. The zero-order valence-electron chi connectivity index (χ0n) is 14.7. The van der Waals surface area contributed by atoms with Crippen molar-refractivity contribution in [1.29, 1.82) is 0 Å². The van der Waals surface area contributed by atoms with Crippen molar-refractivity contribution in [2.45, 2.75) is 0 Å². The van der Waals surface area contributed by atoms with Gasteiger partial charge in [-0.1, -0.05) is 0 Å². The Hall–Kier alpha value is -3.44. The highest BCUT2D eigenvalue weighted by Crippen LogP contribution is 2.40. The molecule has 0 heterocycles. The molecular formula is C20H2F12. The lowest BCUT2D eigenvalue weighted by Gasteiger charge is -2.14. The van der Waals surface area contributed by atoms with E-state index in [0.29, 0.717) is 0 Å². The van der Waals surface area contributed by atoms with Crippen LogP contribution in [-0.2, 0) is 0 Å². The fraction of sp³-hybridized carbons (Fsp3) is 0. The fourth-order valence-electron chi connectivity index (χ4n) is 3.26. The summed E-state index contributed by atoms with van der Waals surface area (Å²) >= 11 is 0. The highest BCUT2D eigenvalue weighted by atomic mass is 19.2. The molecule has 0 N–H and O–H groups in total. The third kappa shape index (κ3) is 2.67. The van der Waals surface area contributed by atoms with Gasteiger partial charge in [0.05, 0.1) is 10.8 Å². The van der Waals surface area contributed by atoms with Gasteiger partial charge in [0, 0.05) is 21.9 Å². The van der Waals surface area contributed by atoms with Gasteiger partial charge in [-0.25, -0.2) is 52.7 Å². The van der Waals surface area contributed by atoms with Gasteiger partial charge in [-0.15, -0.1) is 0 Å². The van der Waals surface area contributed by atoms with Gasteiger partial charge in [0.2, 0.25) is 0 Å². The molecule has 0 saturated heterocycles. The summed E-state index contributed by atoms with van der Waals surface area (Å²) in [5.74, 6) is -28.2. The van der Waals surface area contributed by atoms with Gasteiger partial charge in [-0.3, -0.25) is 0 Å². The van der Waals surface area contributed by atoms with Gasteiger partial charge in [0.15, 0.2) is 69.8 Å². The minimum absolute atomic E-state index is 0.0481. The van der Waals surface area contributed by atoms with Crippen LogP contribution in [0.5, 0.6) is 0 Å². The number of rotatable bonds is 1. The topological polar surface area (TPSA) is 0 Å². The van der Waals surface area contributed by atoms with Crippen LogP contribution in [0.25, 0.3) is 32.7 Å². The number of fused-ring (bicyclic) bond motifs is 2. The molecule has 0 spiro atoms. The van der Waals surface area contributed by atoms with Crippen molar-refractivity contribution in [1.82, 2.24) is 0 Å². The Labute approximate surface area is 168 Å². The lowest BCUT2D eigenvalue weighted by atomic mass is 9.95. The van der Waals surface area contributed by atoms with Crippen molar-refractivity contribution in [3.8, 4) is 11.1 Å². The van der Waals surface area contributed by atoms with Gasteiger partial charge in [-0.2, -0.15) is 0 Å². The van der Waals surface area contributed by atoms with Gasteiger partial charge >= 0.3 is 0 Å². The minimum atomic E-state index is -2.49. The normalized spacial score (nSPS) is 11.8. The van der Waals surface area contributed by atoms with E-state index < -0.39 is 102 Å². The van der Waals surface area contributed by atoms with Crippen molar-refractivity contribution in [2.24, 2.45) is 0 Å². The molecule has 0 bridgehead atoms. The smallest absolute Gasteiger partial charge is 0.198 e. The van der Waals surface area contributed by atoms with Crippen LogP contribution in [0.2, 0.25) is 0 Å². The van der Waals surface area contributed by atoms with Crippen LogP contribution in [-0.4, -0.2) is 0 Å². The Morgan fingerprint density at radius 3 is 0.844 bits per heavy atom. The first-order chi connectivity index (χ1) is 14.9. The molecule has 32 heavy (non-hydrogen) atoms. The number of halogens is 12. The van der Waals surface area contributed by atoms with Gasteiger partial charge < -0.3 is 0 Å². The van der Waals surface area contributed by atoms with E-state index in [9.17, 15) is 52.7 Å². The molecule has 166 valence electrons. The van der Waals surface area contributed by atoms with Gasteiger partial charge in [0.1, 0.15) is 0 Å². The molecule has 12 heteroatoms. The summed E-state index contributed by atoms with van der Waals surface area (Å²) in [6.45, 7) is 0. The Kier molecular flexibility index (Phi) is 4.79. The van der Waals surface area contributed by atoms with Gasteiger partial charge in [-0.05, 0) is 12.1 Å². The molecule has 0 saturated carbocycles. The van der Waals surface area contributed by atoms with Crippen molar-refractivity contribution in [3.05, 3.63) is 81.9 Å². The largest absolute Gasteiger partial charge is 0.203 e. The van der Waals surface area contributed by atoms with E-state index in [1.807, 2.05) is 0 Å². The molecule has 0 aliphatic heterocycles. The lowest BCUT2D eigenvalue weighted by Crippen LogP contribution is -2.05. The summed E-state index contributed by atoms with van der Waals surface area (Å²) in [7, 11) is 0. The van der Waals surface area contributed by atoms with E-state index in [1.165, 1.54) is 0 Å². The second-order valence-electron chi connectivity index (χ2n) is 6.46. The zero-order valence-corrected chi connectivity index (χ0v) is 14.7. The average Bonchev–Trinajstić information content (AvgIpc) is 2.76. The van der Waals surface area contributed by atoms with E-state index in [-0.39, 0.29) is 12.1 Å². The summed E-state index contributed by atoms with van der Waals surface area (Å²) in [5.41, 5.74) is -2.94. The predicted octanol–water partition coefficient (Wildman–Crippen LogP) is 7.33. The Bertz CT molecular complexity index is 1380. The quantitative estimate of drug-likeness (QED) is 0.155. The molecule has 0 aliphatic rings. The predicted molar refractivity (Wildman–Crippen MR) is 86.4 cm³/mol. The maximum absolute atomic E-state index is 14.5. The van der Waals surface area contributed by atoms with Crippen molar-refractivity contribution >= 4 is 21.5 Å². The summed E-state index contributed by atoms with van der Waals surface area (Å²) in [4.78, 5) is 0. The van der Waals surface area contributed by atoms with E-state index in [2.05, 4.69) is 0 Å².